The van der Waals surface area contributed by atoms with E-state index in [1.54, 1.807) is 48.5 Å². The summed E-state index contributed by atoms with van der Waals surface area (Å²) in [5.41, 5.74) is -0.663. The lowest BCUT2D eigenvalue weighted by molar-refractivity contribution is -0.00505. The summed E-state index contributed by atoms with van der Waals surface area (Å²) in [5, 5.41) is 10.7. The molecule has 0 unspecified atom stereocenters. The number of ketones is 1. The first-order valence-corrected chi connectivity index (χ1v) is 6.65. The number of carbonyl (C=O) groups is 1. The van der Waals surface area contributed by atoms with Crippen LogP contribution in [0.2, 0.25) is 0 Å². The molecule has 1 N–H and O–H groups in total. The number of aliphatic hydroxyl groups is 1. The lowest BCUT2D eigenvalue weighted by atomic mass is 9.84. The second kappa shape index (κ2) is 4.47. The molecule has 0 bridgehead atoms. The van der Waals surface area contributed by atoms with Crippen LogP contribution >= 0.6 is 15.9 Å². The van der Waals surface area contributed by atoms with Gasteiger partial charge in [0.25, 0.3) is 0 Å². The Labute approximate surface area is 119 Å². The molecule has 2 aromatic rings. The lowest BCUT2D eigenvalue weighted by Gasteiger charge is -2.32. The number of Topliss-reactive ketones (excluding diaryl/α,β-unsaturated/α-hetero) is 1. The molecule has 19 heavy (non-hydrogen) atoms. The van der Waals surface area contributed by atoms with Gasteiger partial charge in [-0.2, -0.15) is 0 Å². The van der Waals surface area contributed by atoms with Crippen LogP contribution in [0.25, 0.3) is 0 Å². The zero-order valence-electron chi connectivity index (χ0n) is 9.97. The Bertz CT molecular complexity index is 636. The van der Waals surface area contributed by atoms with Gasteiger partial charge in [0, 0.05) is 4.47 Å². The topological polar surface area (TPSA) is 46.5 Å². The molecule has 3 nitrogen and oxygen atoms in total. The van der Waals surface area contributed by atoms with Crippen molar-refractivity contribution in [1.29, 1.82) is 0 Å². The van der Waals surface area contributed by atoms with Crippen molar-refractivity contribution in [2.24, 2.45) is 0 Å². The first-order valence-electron chi connectivity index (χ1n) is 5.86. The highest BCUT2D eigenvalue weighted by atomic mass is 79.9. The van der Waals surface area contributed by atoms with Gasteiger partial charge in [0.2, 0.25) is 5.78 Å². The summed E-state index contributed by atoms with van der Waals surface area (Å²) in [4.78, 5) is 12.5. The second-order valence-corrected chi connectivity index (χ2v) is 5.40. The van der Waals surface area contributed by atoms with Gasteiger partial charge in [-0.3, -0.25) is 4.79 Å². The van der Waals surface area contributed by atoms with Gasteiger partial charge in [0.05, 0.1) is 5.56 Å². The quantitative estimate of drug-likeness (QED) is 0.879. The van der Waals surface area contributed by atoms with Crippen molar-refractivity contribution >= 4 is 21.7 Å². The first kappa shape index (κ1) is 12.4. The predicted molar refractivity (Wildman–Crippen MR) is 74.3 cm³/mol. The van der Waals surface area contributed by atoms with Gasteiger partial charge in [-0.25, -0.2) is 0 Å². The van der Waals surface area contributed by atoms with Crippen molar-refractivity contribution in [2.75, 3.05) is 6.61 Å². The van der Waals surface area contributed by atoms with Crippen LogP contribution in [0.5, 0.6) is 5.75 Å². The standard InChI is InChI=1S/C15H11BrO3/c16-11-7-5-10(6-8-11)15(18)9-19-13-4-2-1-3-12(13)14(15)17/h1-8,18H,9H2/t15-/m1/s1. The summed E-state index contributed by atoms with van der Waals surface area (Å²) in [7, 11) is 0. The number of carbonyl (C=O) groups excluding carboxylic acids is 1. The maximum atomic E-state index is 12.5. The lowest BCUT2D eigenvalue weighted by Crippen LogP contribution is -2.44. The van der Waals surface area contributed by atoms with E-state index in [1.807, 2.05) is 0 Å². The van der Waals surface area contributed by atoms with Crippen molar-refractivity contribution in [3.8, 4) is 5.75 Å². The summed E-state index contributed by atoms with van der Waals surface area (Å²) < 4.78 is 6.40. The highest BCUT2D eigenvalue weighted by Crippen LogP contribution is 2.35. The van der Waals surface area contributed by atoms with Gasteiger partial charge in [-0.15, -0.1) is 0 Å². The van der Waals surface area contributed by atoms with Crippen molar-refractivity contribution in [1.82, 2.24) is 0 Å². The summed E-state index contributed by atoms with van der Waals surface area (Å²) in [5.74, 6) is 0.200. The Kier molecular flexibility index (Phi) is 2.92. The van der Waals surface area contributed by atoms with Gasteiger partial charge in [-0.1, -0.05) is 40.2 Å². The Morgan fingerprint density at radius 1 is 1.11 bits per heavy atom. The molecular weight excluding hydrogens is 308 g/mol. The van der Waals surface area contributed by atoms with Crippen LogP contribution in [0.1, 0.15) is 15.9 Å². The third-order valence-corrected chi connectivity index (χ3v) is 3.79. The number of para-hydroxylation sites is 1. The molecule has 0 spiro atoms. The van der Waals surface area contributed by atoms with Gasteiger partial charge in [0.1, 0.15) is 12.4 Å². The fourth-order valence-corrected chi connectivity index (χ4v) is 2.45. The molecule has 0 amide bonds. The van der Waals surface area contributed by atoms with Gasteiger partial charge in [-0.05, 0) is 29.8 Å². The fraction of sp³-hybridized carbons (Fsp3) is 0.133. The van der Waals surface area contributed by atoms with Crippen molar-refractivity contribution in [3.05, 3.63) is 64.1 Å². The highest BCUT2D eigenvalue weighted by molar-refractivity contribution is 9.10. The number of rotatable bonds is 1. The molecule has 1 aliphatic rings. The van der Waals surface area contributed by atoms with Crippen molar-refractivity contribution in [2.45, 2.75) is 5.60 Å². The minimum atomic E-state index is -1.62. The summed E-state index contributed by atoms with van der Waals surface area (Å²) in [6.07, 6.45) is 0. The maximum Gasteiger partial charge on any atom is 0.206 e. The molecule has 1 heterocycles. The largest absolute Gasteiger partial charge is 0.489 e. The minimum Gasteiger partial charge on any atom is -0.489 e. The van der Waals surface area contributed by atoms with E-state index in [1.165, 1.54) is 0 Å². The predicted octanol–water partition coefficient (Wildman–Crippen LogP) is 2.91. The number of hydrogen-bond acceptors (Lipinski definition) is 3. The van der Waals surface area contributed by atoms with Crippen LogP contribution in [0.4, 0.5) is 0 Å². The summed E-state index contributed by atoms with van der Waals surface area (Å²) in [6.45, 7) is -0.0650. The molecule has 0 fully saturated rings. The van der Waals surface area contributed by atoms with E-state index >= 15 is 0 Å². The number of fused-ring (bicyclic) bond motifs is 1. The number of halogens is 1. The van der Waals surface area contributed by atoms with Gasteiger partial charge in [0.15, 0.2) is 5.60 Å². The van der Waals surface area contributed by atoms with E-state index in [0.29, 0.717) is 16.9 Å². The molecular formula is C15H11BrO3. The Balaban J connectivity index is 2.07. The Hall–Kier alpha value is -1.65. The third kappa shape index (κ3) is 1.97. The number of ether oxygens (including phenoxy) is 1. The van der Waals surface area contributed by atoms with Crippen LogP contribution in [0, 0.1) is 0 Å². The molecule has 0 saturated heterocycles. The van der Waals surface area contributed by atoms with Crippen LogP contribution in [-0.2, 0) is 5.60 Å². The zero-order chi connectivity index (χ0) is 13.5. The molecule has 0 aromatic heterocycles. The average Bonchev–Trinajstić information content (AvgIpc) is 2.44. The molecule has 0 aliphatic carbocycles. The van der Waals surface area contributed by atoms with Crippen LogP contribution in [0.3, 0.4) is 0 Å². The molecule has 4 heteroatoms. The summed E-state index contributed by atoms with van der Waals surface area (Å²) >= 11 is 3.33. The summed E-state index contributed by atoms with van der Waals surface area (Å²) in [6, 6.07) is 14.0. The average molecular weight is 319 g/mol. The van der Waals surface area contributed by atoms with Crippen molar-refractivity contribution < 1.29 is 14.6 Å². The van der Waals surface area contributed by atoms with Gasteiger partial charge >= 0.3 is 0 Å². The number of hydrogen-bond donors (Lipinski definition) is 1. The minimum absolute atomic E-state index is 0.0650. The van der Waals surface area contributed by atoms with E-state index in [0.717, 1.165) is 4.47 Å². The Morgan fingerprint density at radius 3 is 2.53 bits per heavy atom. The van der Waals surface area contributed by atoms with E-state index in [9.17, 15) is 9.90 Å². The van der Waals surface area contributed by atoms with E-state index in [4.69, 9.17) is 4.74 Å². The Morgan fingerprint density at radius 2 is 1.79 bits per heavy atom. The van der Waals surface area contributed by atoms with Crippen LogP contribution in [0.15, 0.2) is 53.0 Å². The molecule has 1 atom stereocenters. The monoisotopic (exact) mass is 318 g/mol. The molecule has 3 rings (SSSR count). The SMILES string of the molecule is O=C1c2ccccc2OC[C@@]1(O)c1ccc(Br)cc1. The molecule has 0 radical (unpaired) electrons. The fourth-order valence-electron chi connectivity index (χ4n) is 2.19. The molecule has 96 valence electrons. The highest BCUT2D eigenvalue weighted by Gasteiger charge is 2.43. The van der Waals surface area contributed by atoms with Crippen LogP contribution < -0.4 is 4.74 Å². The molecule has 0 saturated carbocycles. The zero-order valence-corrected chi connectivity index (χ0v) is 11.6. The molecule has 1 aliphatic heterocycles. The van der Waals surface area contributed by atoms with E-state index < -0.39 is 5.60 Å². The molecule has 2 aromatic carbocycles. The number of benzene rings is 2. The van der Waals surface area contributed by atoms with E-state index in [2.05, 4.69) is 15.9 Å². The van der Waals surface area contributed by atoms with Crippen molar-refractivity contribution in [3.63, 3.8) is 0 Å². The second-order valence-electron chi connectivity index (χ2n) is 4.48. The smallest absolute Gasteiger partial charge is 0.206 e. The first-order chi connectivity index (χ1) is 9.11. The third-order valence-electron chi connectivity index (χ3n) is 3.27. The van der Waals surface area contributed by atoms with Gasteiger partial charge < -0.3 is 9.84 Å². The van der Waals surface area contributed by atoms with E-state index in [-0.39, 0.29) is 12.4 Å². The normalized spacial score (nSPS) is 21.7. The maximum absolute atomic E-state index is 12.5. The van der Waals surface area contributed by atoms with Crippen LogP contribution in [-0.4, -0.2) is 17.5 Å².